The van der Waals surface area contributed by atoms with Crippen molar-refractivity contribution in [3.8, 4) is 0 Å². The molecule has 2 rings (SSSR count). The van der Waals surface area contributed by atoms with Gasteiger partial charge in [-0.2, -0.15) is 0 Å². The highest BCUT2D eigenvalue weighted by molar-refractivity contribution is 9.10. The van der Waals surface area contributed by atoms with Crippen LogP contribution in [0, 0.1) is 12.7 Å². The highest BCUT2D eigenvalue weighted by Gasteiger charge is 2.17. The first-order valence-electron chi connectivity index (χ1n) is 4.63. The van der Waals surface area contributed by atoms with Crippen LogP contribution < -0.4 is 0 Å². The summed E-state index contributed by atoms with van der Waals surface area (Å²) in [6.07, 6.45) is 1.42. The van der Waals surface area contributed by atoms with Gasteiger partial charge in [-0.1, -0.05) is 15.9 Å². The lowest BCUT2D eigenvalue weighted by Gasteiger charge is -2.02. The Hall–Kier alpha value is -1.42. The van der Waals surface area contributed by atoms with Crippen molar-refractivity contribution in [1.82, 2.24) is 0 Å². The molecule has 0 radical (unpaired) electrons. The number of hydrogen-bond donors (Lipinski definition) is 0. The van der Waals surface area contributed by atoms with E-state index >= 15 is 0 Å². The smallest absolute Gasteiger partial charge is 0.199 e. The Bertz CT molecular complexity index is 546. The van der Waals surface area contributed by atoms with Gasteiger partial charge in [-0.3, -0.25) is 4.79 Å². The lowest BCUT2D eigenvalue weighted by atomic mass is 10.0. The maximum absolute atomic E-state index is 13.5. The highest BCUT2D eigenvalue weighted by atomic mass is 79.9. The van der Waals surface area contributed by atoms with Crippen LogP contribution in [0.1, 0.15) is 21.7 Å². The normalized spacial score (nSPS) is 10.4. The van der Waals surface area contributed by atoms with Crippen molar-refractivity contribution in [3.63, 3.8) is 0 Å². The molecule has 2 aromatic rings. The predicted octanol–water partition coefficient (Wildman–Crippen LogP) is 3.72. The fourth-order valence-electron chi connectivity index (χ4n) is 1.44. The molecule has 0 amide bonds. The second kappa shape index (κ2) is 4.22. The Kier molecular flexibility index (Phi) is 2.92. The van der Waals surface area contributed by atoms with Crippen LogP contribution in [0.4, 0.5) is 4.39 Å². The van der Waals surface area contributed by atoms with Crippen LogP contribution in [0.3, 0.4) is 0 Å². The number of aryl methyl sites for hydroxylation is 1. The first-order chi connectivity index (χ1) is 7.59. The molecule has 82 valence electrons. The van der Waals surface area contributed by atoms with Crippen molar-refractivity contribution in [1.29, 1.82) is 0 Å². The van der Waals surface area contributed by atoms with E-state index in [-0.39, 0.29) is 11.3 Å². The average Bonchev–Trinajstić information content (AvgIpc) is 2.67. The number of carbonyl (C=O) groups is 1. The molecule has 16 heavy (non-hydrogen) atoms. The quantitative estimate of drug-likeness (QED) is 0.786. The molecule has 0 aliphatic carbocycles. The molecule has 1 heterocycles. The van der Waals surface area contributed by atoms with Gasteiger partial charge in [0.1, 0.15) is 11.6 Å². The van der Waals surface area contributed by atoms with Gasteiger partial charge in [0.25, 0.3) is 0 Å². The van der Waals surface area contributed by atoms with Gasteiger partial charge in [0.05, 0.1) is 17.4 Å². The van der Waals surface area contributed by atoms with Crippen molar-refractivity contribution >= 4 is 21.7 Å². The number of ketones is 1. The molecule has 1 aromatic heterocycles. The largest absolute Gasteiger partial charge is 0.469 e. The third-order valence-electron chi connectivity index (χ3n) is 2.28. The average molecular weight is 283 g/mol. The van der Waals surface area contributed by atoms with E-state index in [0.717, 1.165) is 0 Å². The van der Waals surface area contributed by atoms with Gasteiger partial charge in [0.2, 0.25) is 0 Å². The molecular weight excluding hydrogens is 275 g/mol. The molecule has 0 spiro atoms. The molecule has 0 bridgehead atoms. The number of rotatable bonds is 2. The van der Waals surface area contributed by atoms with Gasteiger partial charge >= 0.3 is 0 Å². The Balaban J connectivity index is 2.49. The zero-order valence-electron chi connectivity index (χ0n) is 8.46. The third-order valence-corrected chi connectivity index (χ3v) is 2.77. The van der Waals surface area contributed by atoms with E-state index < -0.39 is 5.82 Å². The minimum atomic E-state index is -0.534. The van der Waals surface area contributed by atoms with Gasteiger partial charge in [-0.05, 0) is 31.2 Å². The lowest BCUT2D eigenvalue weighted by Crippen LogP contribution is -2.04. The van der Waals surface area contributed by atoms with Crippen molar-refractivity contribution in [3.05, 3.63) is 57.7 Å². The maximum Gasteiger partial charge on any atom is 0.199 e. The second-order valence-corrected chi connectivity index (χ2v) is 4.26. The Morgan fingerprint density at radius 2 is 2.06 bits per heavy atom. The van der Waals surface area contributed by atoms with E-state index in [4.69, 9.17) is 4.42 Å². The summed E-state index contributed by atoms with van der Waals surface area (Å²) in [5.74, 6) is -0.414. The molecule has 0 atom stereocenters. The number of halogens is 2. The van der Waals surface area contributed by atoms with Crippen molar-refractivity contribution in [2.45, 2.75) is 6.92 Å². The molecule has 0 N–H and O–H groups in total. The topological polar surface area (TPSA) is 30.2 Å². The summed E-state index contributed by atoms with van der Waals surface area (Å²) in [6, 6.07) is 5.81. The van der Waals surface area contributed by atoms with Gasteiger partial charge in [0, 0.05) is 4.47 Å². The first kappa shape index (κ1) is 11.1. The minimum Gasteiger partial charge on any atom is -0.469 e. The third kappa shape index (κ3) is 1.93. The van der Waals surface area contributed by atoms with Crippen LogP contribution in [0.2, 0.25) is 0 Å². The minimum absolute atomic E-state index is 0.0406. The van der Waals surface area contributed by atoms with Crippen molar-refractivity contribution in [2.24, 2.45) is 0 Å². The summed E-state index contributed by atoms with van der Waals surface area (Å²) < 4.78 is 19.2. The summed E-state index contributed by atoms with van der Waals surface area (Å²) in [7, 11) is 0. The van der Waals surface area contributed by atoms with Crippen LogP contribution in [-0.2, 0) is 0 Å². The fraction of sp³-hybridized carbons (Fsp3) is 0.0833. The van der Waals surface area contributed by atoms with Crippen LogP contribution in [0.25, 0.3) is 0 Å². The van der Waals surface area contributed by atoms with Gasteiger partial charge in [-0.15, -0.1) is 0 Å². The number of benzene rings is 1. The summed E-state index contributed by atoms with van der Waals surface area (Å²) in [5, 5.41) is 0. The van der Waals surface area contributed by atoms with Crippen LogP contribution in [0.15, 0.2) is 39.4 Å². The van der Waals surface area contributed by atoms with E-state index in [9.17, 15) is 9.18 Å². The zero-order chi connectivity index (χ0) is 11.7. The summed E-state index contributed by atoms with van der Waals surface area (Å²) in [5.41, 5.74) is 0.427. The molecule has 4 heteroatoms. The molecule has 2 nitrogen and oxygen atoms in total. The van der Waals surface area contributed by atoms with E-state index in [1.165, 1.54) is 24.5 Å². The van der Waals surface area contributed by atoms with E-state index in [1.807, 2.05) is 0 Å². The highest BCUT2D eigenvalue weighted by Crippen LogP contribution is 2.20. The van der Waals surface area contributed by atoms with E-state index in [0.29, 0.717) is 15.8 Å². The van der Waals surface area contributed by atoms with Gasteiger partial charge < -0.3 is 4.42 Å². The molecule has 0 fully saturated rings. The molecule has 0 aliphatic rings. The Labute approximate surface area is 100 Å². The summed E-state index contributed by atoms with van der Waals surface area (Å²) in [6.45, 7) is 1.67. The number of carbonyl (C=O) groups excluding carboxylic acids is 1. The zero-order valence-corrected chi connectivity index (χ0v) is 10.0. The monoisotopic (exact) mass is 282 g/mol. The molecule has 0 saturated heterocycles. The molecular formula is C12H8BrFO2. The van der Waals surface area contributed by atoms with E-state index in [1.54, 1.807) is 13.0 Å². The lowest BCUT2D eigenvalue weighted by molar-refractivity contribution is 0.103. The Morgan fingerprint density at radius 3 is 2.69 bits per heavy atom. The van der Waals surface area contributed by atoms with Crippen molar-refractivity contribution < 1.29 is 13.6 Å². The summed E-state index contributed by atoms with van der Waals surface area (Å²) in [4.78, 5) is 12.0. The SMILES string of the molecule is Cc1occc1C(=O)c1cc(Br)ccc1F. The number of hydrogen-bond acceptors (Lipinski definition) is 2. The van der Waals surface area contributed by atoms with Gasteiger partial charge in [0.15, 0.2) is 5.78 Å². The summed E-state index contributed by atoms with van der Waals surface area (Å²) >= 11 is 3.20. The van der Waals surface area contributed by atoms with Crippen LogP contribution in [-0.4, -0.2) is 5.78 Å². The van der Waals surface area contributed by atoms with E-state index in [2.05, 4.69) is 15.9 Å². The molecule has 0 unspecified atom stereocenters. The Morgan fingerprint density at radius 1 is 1.31 bits per heavy atom. The second-order valence-electron chi connectivity index (χ2n) is 3.34. The predicted molar refractivity (Wildman–Crippen MR) is 61.0 cm³/mol. The van der Waals surface area contributed by atoms with Crippen LogP contribution >= 0.6 is 15.9 Å². The number of furan rings is 1. The van der Waals surface area contributed by atoms with Crippen molar-refractivity contribution in [2.75, 3.05) is 0 Å². The van der Waals surface area contributed by atoms with Crippen LogP contribution in [0.5, 0.6) is 0 Å². The first-order valence-corrected chi connectivity index (χ1v) is 5.42. The fourth-order valence-corrected chi connectivity index (χ4v) is 1.80. The maximum atomic E-state index is 13.5. The standard InChI is InChI=1S/C12H8BrFO2/c1-7-9(4-5-16-7)12(15)10-6-8(13)2-3-11(10)14/h2-6H,1H3. The molecule has 0 aliphatic heterocycles. The molecule has 0 saturated carbocycles. The van der Waals surface area contributed by atoms with Gasteiger partial charge in [-0.25, -0.2) is 4.39 Å². The molecule has 1 aromatic carbocycles.